The Labute approximate surface area is 178 Å². The summed E-state index contributed by atoms with van der Waals surface area (Å²) in [6.45, 7) is 5.82. The Balaban J connectivity index is 1.86. The van der Waals surface area contributed by atoms with Crippen LogP contribution >= 0.6 is 11.6 Å². The number of aliphatic imine (C=N–C) groups is 1. The molecule has 0 aromatic heterocycles. The zero-order chi connectivity index (χ0) is 21.1. The van der Waals surface area contributed by atoms with E-state index < -0.39 is 0 Å². The van der Waals surface area contributed by atoms with Crippen LogP contribution in [0.4, 0.5) is 0 Å². The zero-order valence-electron chi connectivity index (χ0n) is 17.5. The van der Waals surface area contributed by atoms with E-state index >= 15 is 0 Å². The van der Waals surface area contributed by atoms with Gasteiger partial charge in [0.15, 0.2) is 5.96 Å². The molecule has 1 aliphatic rings. The van der Waals surface area contributed by atoms with Crippen LogP contribution in [-0.2, 0) is 16.0 Å². The first-order valence-corrected chi connectivity index (χ1v) is 10.2. The summed E-state index contributed by atoms with van der Waals surface area (Å²) in [6.07, 6.45) is 0.731. The average molecular weight is 426 g/mol. The second kappa shape index (κ2) is 12.5. The van der Waals surface area contributed by atoms with Crippen molar-refractivity contribution in [3.63, 3.8) is 0 Å². The molecule has 0 spiro atoms. The molecule has 0 aliphatic carbocycles. The summed E-state index contributed by atoms with van der Waals surface area (Å²) >= 11 is 6.31. The van der Waals surface area contributed by atoms with Gasteiger partial charge < -0.3 is 25.0 Å². The number of hydrogen-bond donors (Lipinski definition) is 2. The lowest BCUT2D eigenvalue weighted by molar-refractivity contribution is -0.127. The minimum absolute atomic E-state index is 0.0440. The molecule has 1 amide bonds. The van der Waals surface area contributed by atoms with Gasteiger partial charge in [0.1, 0.15) is 12.3 Å². The molecule has 1 aromatic carbocycles. The van der Waals surface area contributed by atoms with Crippen molar-refractivity contribution < 1.29 is 14.3 Å². The highest BCUT2D eigenvalue weighted by atomic mass is 35.5. The molecule has 0 unspecified atom stereocenters. The third-order valence-electron chi connectivity index (χ3n) is 4.64. The lowest BCUT2D eigenvalue weighted by atomic mass is 10.1. The molecule has 0 radical (unpaired) electrons. The number of hydrogen-bond acceptors (Lipinski definition) is 5. The molecule has 1 aliphatic heterocycles. The van der Waals surface area contributed by atoms with Gasteiger partial charge >= 0.3 is 0 Å². The zero-order valence-corrected chi connectivity index (χ0v) is 18.3. The number of carbonyl (C=O) groups is 1. The van der Waals surface area contributed by atoms with Crippen LogP contribution in [0.3, 0.4) is 0 Å². The standard InChI is InChI=1S/C20H32ClN5O3/c1-25(2)19(27)15-24-20(23-8-9-26-10-12-29-13-11-26)22-7-6-16-4-5-17(28-3)14-18(16)21/h4-5,14H,6-13,15H2,1-3H3,(H2,22,23,24). The highest BCUT2D eigenvalue weighted by molar-refractivity contribution is 6.31. The molecule has 9 heteroatoms. The van der Waals surface area contributed by atoms with Crippen molar-refractivity contribution in [3.8, 4) is 5.75 Å². The van der Waals surface area contributed by atoms with Gasteiger partial charge in [0.25, 0.3) is 0 Å². The van der Waals surface area contributed by atoms with E-state index in [9.17, 15) is 4.79 Å². The lowest BCUT2D eigenvalue weighted by Gasteiger charge is -2.26. The van der Waals surface area contributed by atoms with Gasteiger partial charge in [0, 0.05) is 51.8 Å². The van der Waals surface area contributed by atoms with E-state index in [0.717, 1.165) is 57.1 Å². The Bertz CT molecular complexity index is 678. The first-order chi connectivity index (χ1) is 14.0. The van der Waals surface area contributed by atoms with E-state index in [-0.39, 0.29) is 12.5 Å². The summed E-state index contributed by atoms with van der Waals surface area (Å²) < 4.78 is 10.6. The van der Waals surface area contributed by atoms with Crippen molar-refractivity contribution >= 4 is 23.5 Å². The van der Waals surface area contributed by atoms with E-state index in [2.05, 4.69) is 20.5 Å². The molecule has 0 saturated carbocycles. The number of methoxy groups -OCH3 is 1. The highest BCUT2D eigenvalue weighted by Gasteiger charge is 2.10. The van der Waals surface area contributed by atoms with Crippen LogP contribution in [0.1, 0.15) is 5.56 Å². The molecule has 2 N–H and O–H groups in total. The fourth-order valence-electron chi connectivity index (χ4n) is 2.79. The average Bonchev–Trinajstić information content (AvgIpc) is 2.73. The fourth-order valence-corrected chi connectivity index (χ4v) is 3.06. The Morgan fingerprint density at radius 2 is 2.00 bits per heavy atom. The third-order valence-corrected chi connectivity index (χ3v) is 4.99. The van der Waals surface area contributed by atoms with Gasteiger partial charge in [-0.05, 0) is 24.1 Å². The molecular formula is C20H32ClN5O3. The first kappa shape index (κ1) is 23.3. The topological polar surface area (TPSA) is 78.4 Å². The lowest BCUT2D eigenvalue weighted by Crippen LogP contribution is -2.45. The molecule has 2 rings (SSSR count). The largest absolute Gasteiger partial charge is 0.497 e. The van der Waals surface area contributed by atoms with Crippen LogP contribution in [0, 0.1) is 0 Å². The number of morpholine rings is 1. The van der Waals surface area contributed by atoms with Gasteiger partial charge in [-0.25, -0.2) is 4.99 Å². The molecule has 1 aromatic rings. The Morgan fingerprint density at radius 1 is 1.28 bits per heavy atom. The molecule has 1 saturated heterocycles. The van der Waals surface area contributed by atoms with Gasteiger partial charge in [-0.15, -0.1) is 0 Å². The van der Waals surface area contributed by atoms with Crippen molar-refractivity contribution in [3.05, 3.63) is 28.8 Å². The van der Waals surface area contributed by atoms with E-state index in [1.165, 1.54) is 4.90 Å². The summed E-state index contributed by atoms with van der Waals surface area (Å²) in [5, 5.41) is 7.28. The van der Waals surface area contributed by atoms with Crippen molar-refractivity contribution in [2.45, 2.75) is 6.42 Å². The molecule has 0 atom stereocenters. The van der Waals surface area contributed by atoms with E-state index in [0.29, 0.717) is 17.5 Å². The maximum Gasteiger partial charge on any atom is 0.243 e. The van der Waals surface area contributed by atoms with Crippen LogP contribution in [0.15, 0.2) is 23.2 Å². The fraction of sp³-hybridized carbons (Fsp3) is 0.600. The van der Waals surface area contributed by atoms with Crippen LogP contribution in [0.25, 0.3) is 0 Å². The minimum Gasteiger partial charge on any atom is -0.497 e. The quantitative estimate of drug-likeness (QED) is 0.451. The number of halogens is 1. The van der Waals surface area contributed by atoms with Gasteiger partial charge in [0.2, 0.25) is 5.91 Å². The Morgan fingerprint density at radius 3 is 2.66 bits per heavy atom. The van der Waals surface area contributed by atoms with Crippen LogP contribution in [0.5, 0.6) is 5.75 Å². The van der Waals surface area contributed by atoms with Gasteiger partial charge in [0.05, 0.1) is 20.3 Å². The predicted octanol–water partition coefficient (Wildman–Crippen LogP) is 0.847. The number of benzene rings is 1. The predicted molar refractivity (Wildman–Crippen MR) is 116 cm³/mol. The van der Waals surface area contributed by atoms with Crippen molar-refractivity contribution in [2.24, 2.45) is 4.99 Å². The van der Waals surface area contributed by atoms with Gasteiger partial charge in [-0.1, -0.05) is 17.7 Å². The summed E-state index contributed by atoms with van der Waals surface area (Å²) in [7, 11) is 5.07. The molecule has 1 fully saturated rings. The second-order valence-corrected chi connectivity index (χ2v) is 7.38. The maximum absolute atomic E-state index is 11.9. The number of carbonyl (C=O) groups excluding carboxylic acids is 1. The molecule has 29 heavy (non-hydrogen) atoms. The monoisotopic (exact) mass is 425 g/mol. The highest BCUT2D eigenvalue weighted by Crippen LogP contribution is 2.22. The summed E-state index contributed by atoms with van der Waals surface area (Å²) in [5.41, 5.74) is 1.03. The number of rotatable bonds is 9. The van der Waals surface area contributed by atoms with E-state index in [4.69, 9.17) is 21.1 Å². The summed E-state index contributed by atoms with van der Waals surface area (Å²) in [4.78, 5) is 20.2. The maximum atomic E-state index is 11.9. The molecule has 0 bridgehead atoms. The Hall–Kier alpha value is -2.03. The minimum atomic E-state index is -0.0440. The number of nitrogens with zero attached hydrogens (tertiary/aromatic N) is 3. The SMILES string of the molecule is COc1ccc(CCNC(=NCC(=O)N(C)C)NCCN2CCOCC2)c(Cl)c1. The van der Waals surface area contributed by atoms with Crippen LogP contribution < -0.4 is 15.4 Å². The molecule has 1 heterocycles. The number of ether oxygens (including phenoxy) is 2. The molecule has 162 valence electrons. The Kier molecular flexibility index (Phi) is 10.0. The van der Waals surface area contributed by atoms with E-state index in [1.807, 2.05) is 18.2 Å². The normalized spacial score (nSPS) is 15.1. The van der Waals surface area contributed by atoms with Crippen LogP contribution in [0.2, 0.25) is 5.02 Å². The van der Waals surface area contributed by atoms with Gasteiger partial charge in [-0.3, -0.25) is 9.69 Å². The smallest absolute Gasteiger partial charge is 0.243 e. The van der Waals surface area contributed by atoms with Crippen molar-refractivity contribution in [1.82, 2.24) is 20.4 Å². The number of guanidine groups is 1. The second-order valence-electron chi connectivity index (χ2n) is 6.97. The number of nitrogens with one attached hydrogen (secondary N) is 2. The first-order valence-electron chi connectivity index (χ1n) is 9.84. The van der Waals surface area contributed by atoms with Gasteiger partial charge in [-0.2, -0.15) is 0 Å². The summed E-state index contributed by atoms with van der Waals surface area (Å²) in [6, 6.07) is 5.66. The van der Waals surface area contributed by atoms with Crippen molar-refractivity contribution in [2.75, 3.05) is 73.7 Å². The third kappa shape index (κ3) is 8.47. The van der Waals surface area contributed by atoms with Crippen molar-refractivity contribution in [1.29, 1.82) is 0 Å². The summed E-state index contributed by atoms with van der Waals surface area (Å²) in [5.74, 6) is 1.32. The molecule has 8 nitrogen and oxygen atoms in total. The molecular weight excluding hydrogens is 394 g/mol. The van der Waals surface area contributed by atoms with E-state index in [1.54, 1.807) is 21.2 Å². The number of likely N-dealkylation sites (N-methyl/N-ethyl adjacent to an activating group) is 1. The van der Waals surface area contributed by atoms with Crippen LogP contribution in [-0.4, -0.2) is 95.4 Å². The number of amides is 1.